The van der Waals surface area contributed by atoms with Crippen molar-refractivity contribution in [3.8, 4) is 0 Å². The number of aromatic nitrogens is 3. The average molecular weight is 389 g/mol. The molecule has 7 nitrogen and oxygen atoms in total. The molecule has 1 aliphatic carbocycles. The monoisotopic (exact) mass is 389 g/mol. The standard InChI is InChI=1S/C19H21F2N5O2/c1-11(27)23-15-7-14-13(8-22-15)19(4-5-19)10-26(14)16-6-12(9-28-3)24-17(25-16)18(2,20)21/h6-8H,4-5,9-10H2,1-3H3,(H,22,23,27). The van der Waals surface area contributed by atoms with Crippen molar-refractivity contribution in [3.63, 3.8) is 0 Å². The fourth-order valence-corrected chi connectivity index (χ4v) is 3.62. The van der Waals surface area contributed by atoms with Gasteiger partial charge < -0.3 is 15.0 Å². The number of anilines is 3. The van der Waals surface area contributed by atoms with Crippen LogP contribution in [0.3, 0.4) is 0 Å². The van der Waals surface area contributed by atoms with E-state index >= 15 is 0 Å². The van der Waals surface area contributed by atoms with Gasteiger partial charge in [-0.25, -0.2) is 15.0 Å². The van der Waals surface area contributed by atoms with Gasteiger partial charge in [0, 0.05) is 56.8 Å². The van der Waals surface area contributed by atoms with Crippen LogP contribution < -0.4 is 10.2 Å². The lowest BCUT2D eigenvalue weighted by atomic mass is 10.0. The van der Waals surface area contributed by atoms with Gasteiger partial charge in [-0.2, -0.15) is 8.78 Å². The first-order chi connectivity index (χ1) is 13.2. The molecule has 0 saturated heterocycles. The quantitative estimate of drug-likeness (QED) is 0.845. The largest absolute Gasteiger partial charge is 0.378 e. The first-order valence-corrected chi connectivity index (χ1v) is 9.03. The van der Waals surface area contributed by atoms with Crippen LogP contribution in [0.5, 0.6) is 0 Å². The Bertz CT molecular complexity index is 940. The highest BCUT2D eigenvalue weighted by Crippen LogP contribution is 2.58. The molecule has 28 heavy (non-hydrogen) atoms. The molecule has 1 saturated carbocycles. The molecular weight excluding hydrogens is 368 g/mol. The van der Waals surface area contributed by atoms with E-state index in [0.29, 0.717) is 23.9 Å². The molecule has 4 rings (SSSR count). The van der Waals surface area contributed by atoms with Crippen molar-refractivity contribution in [2.75, 3.05) is 23.9 Å². The molecule has 0 atom stereocenters. The van der Waals surface area contributed by atoms with Crippen LogP contribution >= 0.6 is 0 Å². The number of alkyl halides is 2. The minimum atomic E-state index is -3.17. The molecule has 1 N–H and O–H groups in total. The summed E-state index contributed by atoms with van der Waals surface area (Å²) in [6, 6.07) is 3.44. The van der Waals surface area contributed by atoms with E-state index in [0.717, 1.165) is 31.0 Å². The lowest BCUT2D eigenvalue weighted by Crippen LogP contribution is -2.23. The summed E-state index contributed by atoms with van der Waals surface area (Å²) in [5.74, 6) is -3.12. The van der Waals surface area contributed by atoms with Gasteiger partial charge in [-0.05, 0) is 12.8 Å². The Hall–Kier alpha value is -2.68. The Morgan fingerprint density at radius 1 is 1.36 bits per heavy atom. The van der Waals surface area contributed by atoms with Gasteiger partial charge in [-0.15, -0.1) is 0 Å². The number of pyridine rings is 1. The third-order valence-corrected chi connectivity index (χ3v) is 5.09. The molecule has 0 radical (unpaired) electrons. The number of hydrogen-bond donors (Lipinski definition) is 1. The number of nitrogens with one attached hydrogen (secondary N) is 1. The fraction of sp³-hybridized carbons (Fsp3) is 0.474. The predicted octanol–water partition coefficient (Wildman–Crippen LogP) is 3.27. The molecule has 148 valence electrons. The summed E-state index contributed by atoms with van der Waals surface area (Å²) < 4.78 is 33.0. The smallest absolute Gasteiger partial charge is 0.303 e. The van der Waals surface area contributed by atoms with Crippen molar-refractivity contribution in [1.29, 1.82) is 0 Å². The Kier molecular flexibility index (Phi) is 4.29. The number of amides is 1. The summed E-state index contributed by atoms with van der Waals surface area (Å²) in [7, 11) is 1.49. The Labute approximate surface area is 161 Å². The number of hydrogen-bond acceptors (Lipinski definition) is 6. The Morgan fingerprint density at radius 2 is 2.11 bits per heavy atom. The van der Waals surface area contributed by atoms with E-state index in [1.807, 2.05) is 4.90 Å². The average Bonchev–Trinajstić information content (AvgIpc) is 3.31. The molecule has 0 bridgehead atoms. The maximum Gasteiger partial charge on any atom is 0.303 e. The van der Waals surface area contributed by atoms with Crippen molar-refractivity contribution >= 4 is 23.2 Å². The molecule has 9 heteroatoms. The highest BCUT2D eigenvalue weighted by atomic mass is 19.3. The maximum absolute atomic E-state index is 14.0. The van der Waals surface area contributed by atoms with Crippen LogP contribution in [-0.4, -0.2) is 34.5 Å². The number of halogens is 2. The maximum atomic E-state index is 14.0. The van der Waals surface area contributed by atoms with Crippen LogP contribution in [0.1, 0.15) is 43.8 Å². The van der Waals surface area contributed by atoms with Crippen LogP contribution in [0.25, 0.3) is 0 Å². The van der Waals surface area contributed by atoms with Gasteiger partial charge in [-0.1, -0.05) is 0 Å². The van der Waals surface area contributed by atoms with Crippen molar-refractivity contribution in [2.45, 2.75) is 44.6 Å². The van der Waals surface area contributed by atoms with E-state index in [2.05, 4.69) is 20.3 Å². The van der Waals surface area contributed by atoms with Gasteiger partial charge in [0.15, 0.2) is 0 Å². The van der Waals surface area contributed by atoms with Gasteiger partial charge in [0.05, 0.1) is 18.0 Å². The van der Waals surface area contributed by atoms with Crippen LogP contribution in [-0.2, 0) is 27.5 Å². The second-order valence-electron chi connectivity index (χ2n) is 7.50. The molecule has 1 aliphatic heterocycles. The van der Waals surface area contributed by atoms with Crippen molar-refractivity contribution in [3.05, 3.63) is 35.4 Å². The lowest BCUT2D eigenvalue weighted by molar-refractivity contribution is -0.114. The molecule has 1 amide bonds. The number of carbonyl (C=O) groups is 1. The minimum absolute atomic E-state index is 0.0294. The van der Waals surface area contributed by atoms with E-state index in [1.165, 1.54) is 14.0 Å². The Morgan fingerprint density at radius 3 is 2.71 bits per heavy atom. The molecule has 3 heterocycles. The highest BCUT2D eigenvalue weighted by molar-refractivity contribution is 5.89. The number of ether oxygens (including phenoxy) is 1. The summed E-state index contributed by atoms with van der Waals surface area (Å²) in [4.78, 5) is 25.7. The number of nitrogens with zero attached hydrogens (tertiary/aromatic N) is 4. The number of carbonyl (C=O) groups excluding carboxylic acids is 1. The molecule has 0 unspecified atom stereocenters. The summed E-state index contributed by atoms with van der Waals surface area (Å²) >= 11 is 0. The second-order valence-corrected chi connectivity index (χ2v) is 7.50. The normalized spacial score (nSPS) is 17.0. The van der Waals surface area contributed by atoms with Gasteiger partial charge in [0.1, 0.15) is 11.6 Å². The topological polar surface area (TPSA) is 80.2 Å². The summed E-state index contributed by atoms with van der Waals surface area (Å²) in [6.07, 6.45) is 3.77. The third kappa shape index (κ3) is 3.30. The van der Waals surface area contributed by atoms with Crippen LogP contribution in [0.2, 0.25) is 0 Å². The van der Waals surface area contributed by atoms with Crippen LogP contribution in [0.4, 0.5) is 26.1 Å². The predicted molar refractivity (Wildman–Crippen MR) is 98.8 cm³/mol. The summed E-state index contributed by atoms with van der Waals surface area (Å²) in [5.41, 5.74) is 2.23. The summed E-state index contributed by atoms with van der Waals surface area (Å²) in [6.45, 7) is 2.93. The lowest BCUT2D eigenvalue weighted by Gasteiger charge is -2.21. The molecule has 1 fully saturated rings. The number of fused-ring (bicyclic) bond motifs is 2. The van der Waals surface area contributed by atoms with Gasteiger partial charge in [0.2, 0.25) is 11.7 Å². The first kappa shape index (κ1) is 18.7. The van der Waals surface area contributed by atoms with Gasteiger partial charge in [0.25, 0.3) is 0 Å². The summed E-state index contributed by atoms with van der Waals surface area (Å²) in [5, 5.41) is 2.67. The molecular formula is C19H21F2N5O2. The second kappa shape index (κ2) is 6.44. The fourth-order valence-electron chi connectivity index (χ4n) is 3.62. The van der Waals surface area contributed by atoms with Gasteiger partial charge >= 0.3 is 5.92 Å². The van der Waals surface area contributed by atoms with Crippen molar-refractivity contribution < 1.29 is 18.3 Å². The zero-order chi connectivity index (χ0) is 20.1. The van der Waals surface area contributed by atoms with E-state index < -0.39 is 11.7 Å². The first-order valence-electron chi connectivity index (χ1n) is 9.03. The molecule has 2 aromatic heterocycles. The van der Waals surface area contributed by atoms with Crippen LogP contribution in [0, 0.1) is 0 Å². The zero-order valence-electron chi connectivity index (χ0n) is 15.9. The zero-order valence-corrected chi connectivity index (χ0v) is 15.9. The minimum Gasteiger partial charge on any atom is -0.378 e. The van der Waals surface area contributed by atoms with E-state index in [-0.39, 0.29) is 17.9 Å². The van der Waals surface area contributed by atoms with E-state index in [1.54, 1.807) is 18.3 Å². The number of methoxy groups -OCH3 is 1. The molecule has 1 spiro atoms. The molecule has 2 aromatic rings. The van der Waals surface area contributed by atoms with Crippen molar-refractivity contribution in [1.82, 2.24) is 15.0 Å². The van der Waals surface area contributed by atoms with Crippen molar-refractivity contribution in [2.24, 2.45) is 0 Å². The number of rotatable bonds is 5. The third-order valence-electron chi connectivity index (χ3n) is 5.09. The van der Waals surface area contributed by atoms with Gasteiger partial charge in [-0.3, -0.25) is 4.79 Å². The Balaban J connectivity index is 1.80. The van der Waals surface area contributed by atoms with E-state index in [9.17, 15) is 13.6 Å². The molecule has 2 aliphatic rings. The highest BCUT2D eigenvalue weighted by Gasteiger charge is 2.52. The van der Waals surface area contributed by atoms with Crippen LogP contribution in [0.15, 0.2) is 18.3 Å². The SMILES string of the molecule is COCc1cc(N2CC3(CC3)c3cnc(NC(C)=O)cc32)nc(C(C)(F)F)n1. The van der Waals surface area contributed by atoms with E-state index in [4.69, 9.17) is 4.74 Å². The molecule has 0 aromatic carbocycles.